The molecule has 10 heavy (non-hydrogen) atoms. The minimum Gasteiger partial charge on any atom is -0.390 e. The maximum Gasteiger partial charge on any atom is 0.0989 e. The van der Waals surface area contributed by atoms with Crippen LogP contribution in [0.1, 0.15) is 12.8 Å². The van der Waals surface area contributed by atoms with E-state index >= 15 is 0 Å². The molecule has 0 aliphatic carbocycles. The summed E-state index contributed by atoms with van der Waals surface area (Å²) in [4.78, 5) is 0. The van der Waals surface area contributed by atoms with Crippen LogP contribution in [0.3, 0.4) is 0 Å². The molecule has 0 amide bonds. The second-order valence-electron chi connectivity index (χ2n) is 2.93. The van der Waals surface area contributed by atoms with E-state index < -0.39 is 0 Å². The van der Waals surface area contributed by atoms with Gasteiger partial charge in [-0.05, 0) is 6.42 Å². The fourth-order valence-electron chi connectivity index (χ4n) is 1.75. The lowest BCUT2D eigenvalue weighted by atomic mass is 9.94. The number of aliphatic hydroxyl groups is 1. The molecule has 60 valence electrons. The lowest BCUT2D eigenvalue weighted by Crippen LogP contribution is -2.40. The van der Waals surface area contributed by atoms with Gasteiger partial charge in [-0.1, -0.05) is 0 Å². The first-order chi connectivity index (χ1) is 4.27. The smallest absolute Gasteiger partial charge is 0.0989 e. The monoisotopic (exact) mass is 165 g/mol. The van der Waals surface area contributed by atoms with Gasteiger partial charge in [0.2, 0.25) is 0 Å². The van der Waals surface area contributed by atoms with Crippen LogP contribution in [0.2, 0.25) is 0 Å². The highest BCUT2D eigenvalue weighted by atomic mass is 35.5. The van der Waals surface area contributed by atoms with Crippen LogP contribution in [0.15, 0.2) is 0 Å². The molecule has 0 aromatic heterocycles. The fourth-order valence-corrected chi connectivity index (χ4v) is 1.75. The van der Waals surface area contributed by atoms with Crippen molar-refractivity contribution < 1.29 is 9.84 Å². The largest absolute Gasteiger partial charge is 0.390 e. The van der Waals surface area contributed by atoms with Crippen molar-refractivity contribution in [2.24, 2.45) is 5.73 Å². The van der Waals surface area contributed by atoms with Gasteiger partial charge in [0.25, 0.3) is 0 Å². The molecule has 2 aliphatic rings. The Hall–Kier alpha value is 0.170. The Labute approximate surface area is 66.0 Å². The molecule has 2 aliphatic heterocycles. The van der Waals surface area contributed by atoms with Crippen molar-refractivity contribution in [3.05, 3.63) is 0 Å². The van der Waals surface area contributed by atoms with Crippen LogP contribution in [0.5, 0.6) is 0 Å². The second-order valence-corrected chi connectivity index (χ2v) is 2.93. The molecule has 0 aromatic rings. The lowest BCUT2D eigenvalue weighted by Gasteiger charge is -2.18. The lowest BCUT2D eigenvalue weighted by molar-refractivity contribution is 0.0468. The molecular weight excluding hydrogens is 154 g/mol. The van der Waals surface area contributed by atoms with Gasteiger partial charge in [0.1, 0.15) is 0 Å². The fraction of sp³-hybridized carbons (Fsp3) is 1.00. The Morgan fingerprint density at radius 3 is 2.40 bits per heavy atom. The number of fused-ring (bicyclic) bond motifs is 2. The molecule has 0 radical (unpaired) electrons. The summed E-state index contributed by atoms with van der Waals surface area (Å²) in [5.74, 6) is 0. The Morgan fingerprint density at radius 1 is 1.40 bits per heavy atom. The van der Waals surface area contributed by atoms with Crippen LogP contribution in [0.4, 0.5) is 0 Å². The number of aliphatic hydroxyl groups excluding tert-OH is 1. The number of hydrogen-bond donors (Lipinski definition) is 2. The van der Waals surface area contributed by atoms with Gasteiger partial charge in [-0.2, -0.15) is 0 Å². The molecular formula is C6H12ClNO2. The van der Waals surface area contributed by atoms with Gasteiger partial charge < -0.3 is 15.6 Å². The average Bonchev–Trinajstić information content (AvgIpc) is 2.22. The number of halogens is 1. The van der Waals surface area contributed by atoms with Crippen LogP contribution in [-0.4, -0.2) is 29.5 Å². The maximum atomic E-state index is 9.18. The summed E-state index contributed by atoms with van der Waals surface area (Å²) < 4.78 is 5.32. The molecule has 0 spiro atoms. The van der Waals surface area contributed by atoms with Crippen LogP contribution >= 0.6 is 12.4 Å². The van der Waals surface area contributed by atoms with E-state index in [1.165, 1.54) is 0 Å². The van der Waals surface area contributed by atoms with Crippen LogP contribution in [0, 0.1) is 0 Å². The van der Waals surface area contributed by atoms with Gasteiger partial charge in [-0.15, -0.1) is 12.4 Å². The van der Waals surface area contributed by atoms with Crippen molar-refractivity contribution in [1.29, 1.82) is 0 Å². The van der Waals surface area contributed by atoms with E-state index in [9.17, 15) is 5.11 Å². The summed E-state index contributed by atoms with van der Waals surface area (Å²) in [6.07, 6.45) is 1.62. The van der Waals surface area contributed by atoms with Gasteiger partial charge >= 0.3 is 0 Å². The number of hydrogen-bond acceptors (Lipinski definition) is 3. The zero-order valence-corrected chi connectivity index (χ0v) is 6.38. The normalized spacial score (nSPS) is 51.0. The van der Waals surface area contributed by atoms with Crippen molar-refractivity contribution in [1.82, 2.24) is 0 Å². The molecule has 0 aromatic carbocycles. The van der Waals surface area contributed by atoms with Gasteiger partial charge in [0, 0.05) is 12.5 Å². The Balaban J connectivity index is 0.000000500. The van der Waals surface area contributed by atoms with E-state index in [1.54, 1.807) is 0 Å². The van der Waals surface area contributed by atoms with E-state index in [4.69, 9.17) is 10.5 Å². The Kier molecular flexibility index (Phi) is 2.20. The average molecular weight is 166 g/mol. The van der Waals surface area contributed by atoms with E-state index in [1.807, 2.05) is 0 Å². The van der Waals surface area contributed by atoms with Gasteiger partial charge in [-0.3, -0.25) is 0 Å². The van der Waals surface area contributed by atoms with E-state index in [2.05, 4.69) is 0 Å². The van der Waals surface area contributed by atoms with Gasteiger partial charge in [0.15, 0.2) is 0 Å². The summed E-state index contributed by atoms with van der Waals surface area (Å²) >= 11 is 0. The molecule has 4 atom stereocenters. The van der Waals surface area contributed by atoms with Crippen LogP contribution in [0.25, 0.3) is 0 Å². The van der Waals surface area contributed by atoms with Crippen molar-refractivity contribution in [2.45, 2.75) is 37.2 Å². The highest BCUT2D eigenvalue weighted by molar-refractivity contribution is 5.85. The topological polar surface area (TPSA) is 55.5 Å². The van der Waals surface area contributed by atoms with E-state index in [0.717, 1.165) is 12.8 Å². The summed E-state index contributed by atoms with van der Waals surface area (Å²) in [7, 11) is 0. The number of ether oxygens (including phenoxy) is 1. The van der Waals surface area contributed by atoms with Crippen LogP contribution < -0.4 is 5.73 Å². The van der Waals surface area contributed by atoms with Gasteiger partial charge in [0.05, 0.1) is 18.3 Å². The standard InChI is InChI=1S/C6H11NO2.ClH/c7-4-1-3-2-5(8)6(4)9-3;/h3-6,8H,1-2,7H2;1H/t3-,4+,5-,6+;/m0./s1. The molecule has 3 N–H and O–H groups in total. The Bertz CT molecular complexity index is 121. The SMILES string of the molecule is Cl.N[C@@H]1C[C@H]2C[C@H](O)[C@@H]1O2. The van der Waals surface area contributed by atoms with E-state index in [0.29, 0.717) is 0 Å². The van der Waals surface area contributed by atoms with Crippen molar-refractivity contribution >= 4 is 12.4 Å². The number of nitrogens with two attached hydrogens (primary N) is 1. The molecule has 2 fully saturated rings. The predicted molar refractivity (Wildman–Crippen MR) is 39.1 cm³/mol. The minimum absolute atomic E-state index is 0. The van der Waals surface area contributed by atoms with E-state index in [-0.39, 0.29) is 36.8 Å². The first kappa shape index (κ1) is 8.27. The third-order valence-electron chi connectivity index (χ3n) is 2.19. The first-order valence-electron chi connectivity index (χ1n) is 3.36. The number of rotatable bonds is 0. The van der Waals surface area contributed by atoms with Gasteiger partial charge in [-0.25, -0.2) is 0 Å². The third kappa shape index (κ3) is 1.03. The molecule has 2 rings (SSSR count). The molecule has 2 saturated heterocycles. The highest BCUT2D eigenvalue weighted by Gasteiger charge is 2.45. The summed E-state index contributed by atoms with van der Waals surface area (Å²) in [5.41, 5.74) is 5.63. The summed E-state index contributed by atoms with van der Waals surface area (Å²) in [5, 5.41) is 9.18. The van der Waals surface area contributed by atoms with Crippen molar-refractivity contribution in [2.75, 3.05) is 0 Å². The summed E-state index contributed by atoms with van der Waals surface area (Å²) in [6, 6.07) is 0.0822. The Morgan fingerprint density at radius 2 is 2.10 bits per heavy atom. The zero-order chi connectivity index (χ0) is 6.43. The quantitative estimate of drug-likeness (QED) is 0.516. The summed E-state index contributed by atoms with van der Waals surface area (Å²) in [6.45, 7) is 0. The molecule has 0 unspecified atom stereocenters. The zero-order valence-electron chi connectivity index (χ0n) is 5.56. The molecule has 4 heteroatoms. The van der Waals surface area contributed by atoms with Crippen LogP contribution in [-0.2, 0) is 4.74 Å². The third-order valence-corrected chi connectivity index (χ3v) is 2.19. The molecule has 0 saturated carbocycles. The maximum absolute atomic E-state index is 9.18. The molecule has 2 bridgehead atoms. The van der Waals surface area contributed by atoms with Crippen molar-refractivity contribution in [3.8, 4) is 0 Å². The highest BCUT2D eigenvalue weighted by Crippen LogP contribution is 2.33. The molecule has 2 heterocycles. The molecule has 3 nitrogen and oxygen atoms in total. The van der Waals surface area contributed by atoms with Crippen molar-refractivity contribution in [3.63, 3.8) is 0 Å². The predicted octanol–water partition coefficient (Wildman–Crippen LogP) is -0.342. The minimum atomic E-state index is -0.293. The second kappa shape index (κ2) is 2.66. The first-order valence-corrected chi connectivity index (χ1v) is 3.36.